The predicted molar refractivity (Wildman–Crippen MR) is 149 cm³/mol. The van der Waals surface area contributed by atoms with Crippen molar-refractivity contribution in [2.24, 2.45) is 0 Å². The van der Waals surface area contributed by atoms with E-state index in [1.807, 2.05) is 24.3 Å². The zero-order valence-corrected chi connectivity index (χ0v) is 22.0. The van der Waals surface area contributed by atoms with Gasteiger partial charge in [0.1, 0.15) is 11.9 Å². The maximum atomic E-state index is 9.22. The molecule has 2 aliphatic rings. The second-order valence-corrected chi connectivity index (χ2v) is 10.9. The molecule has 1 saturated carbocycles. The van der Waals surface area contributed by atoms with Crippen LogP contribution in [0.4, 0.5) is 16.9 Å². The Morgan fingerprint density at radius 1 is 1.00 bits per heavy atom. The van der Waals surface area contributed by atoms with E-state index in [-0.39, 0.29) is 0 Å². The summed E-state index contributed by atoms with van der Waals surface area (Å²) < 4.78 is 6.57. The van der Waals surface area contributed by atoms with Crippen molar-refractivity contribution in [2.75, 3.05) is 36.9 Å². The Labute approximate surface area is 225 Å². The van der Waals surface area contributed by atoms with Gasteiger partial charge in [-0.2, -0.15) is 10.2 Å². The van der Waals surface area contributed by atoms with Crippen molar-refractivity contribution in [1.29, 1.82) is 5.26 Å². The molecule has 2 N–H and O–H groups in total. The van der Waals surface area contributed by atoms with Crippen molar-refractivity contribution in [3.05, 3.63) is 54.0 Å². The Bertz CT molecular complexity index is 1410. The Kier molecular flexibility index (Phi) is 7.40. The number of pyridine rings is 1. The molecule has 0 bridgehead atoms. The molecule has 0 atom stereocenters. The summed E-state index contributed by atoms with van der Waals surface area (Å²) in [5.41, 5.74) is 4.36. The average molecular weight is 527 g/mol. The highest BCUT2D eigenvalue weighted by molar-refractivity contribution is 7.22. The molecule has 1 aromatic carbocycles. The number of nitrogens with zero attached hydrogens (tertiary/aromatic N) is 6. The third-order valence-corrected chi connectivity index (χ3v) is 7.96. The number of morpholine rings is 1. The quantitative estimate of drug-likeness (QED) is 0.329. The van der Waals surface area contributed by atoms with Crippen LogP contribution < -0.4 is 10.6 Å². The molecule has 3 aromatic heterocycles. The van der Waals surface area contributed by atoms with E-state index in [2.05, 4.69) is 32.7 Å². The first-order chi connectivity index (χ1) is 18.7. The van der Waals surface area contributed by atoms with Gasteiger partial charge in [0.15, 0.2) is 5.13 Å². The first-order valence-electron chi connectivity index (χ1n) is 13.2. The van der Waals surface area contributed by atoms with E-state index in [1.165, 1.54) is 19.3 Å². The van der Waals surface area contributed by atoms with Crippen LogP contribution in [0.3, 0.4) is 0 Å². The first kappa shape index (κ1) is 24.7. The van der Waals surface area contributed by atoms with E-state index in [9.17, 15) is 5.26 Å². The highest BCUT2D eigenvalue weighted by atomic mass is 32.1. The lowest BCUT2D eigenvalue weighted by Crippen LogP contribution is -2.36. The second kappa shape index (κ2) is 11.4. The molecule has 0 radical (unpaired) electrons. The molecule has 194 valence electrons. The third-order valence-electron chi connectivity index (χ3n) is 7.03. The number of nitriles is 1. The molecule has 1 aliphatic carbocycles. The number of hydrogen-bond donors (Lipinski definition) is 2. The summed E-state index contributed by atoms with van der Waals surface area (Å²) in [5.74, 6) is 1.42. The van der Waals surface area contributed by atoms with Crippen molar-refractivity contribution >= 4 is 38.5 Å². The van der Waals surface area contributed by atoms with Crippen LogP contribution in [0.5, 0.6) is 0 Å². The lowest BCUT2D eigenvalue weighted by Gasteiger charge is -2.27. The number of fused-ring (bicyclic) bond motifs is 1. The van der Waals surface area contributed by atoms with E-state index in [1.54, 1.807) is 23.7 Å². The first-order valence-corrected chi connectivity index (χ1v) is 14.0. The average Bonchev–Trinajstić information content (AvgIpc) is 3.35. The van der Waals surface area contributed by atoms with Gasteiger partial charge in [0.25, 0.3) is 0 Å². The lowest BCUT2D eigenvalue weighted by molar-refractivity contribution is 0.0336. The fourth-order valence-corrected chi connectivity index (χ4v) is 5.96. The van der Waals surface area contributed by atoms with Crippen LogP contribution in [-0.2, 0) is 11.3 Å². The van der Waals surface area contributed by atoms with Crippen LogP contribution in [0, 0.1) is 11.3 Å². The van der Waals surface area contributed by atoms with Crippen LogP contribution >= 0.6 is 11.3 Å². The minimum absolute atomic E-state index is 0.421. The summed E-state index contributed by atoms with van der Waals surface area (Å²) in [5, 5.41) is 17.0. The summed E-state index contributed by atoms with van der Waals surface area (Å²) >= 11 is 1.58. The van der Waals surface area contributed by atoms with Gasteiger partial charge >= 0.3 is 0 Å². The minimum atomic E-state index is 0.421. The molecule has 6 rings (SSSR count). The van der Waals surface area contributed by atoms with Crippen LogP contribution in [0.2, 0.25) is 0 Å². The maximum Gasteiger partial charge on any atom is 0.225 e. The van der Waals surface area contributed by atoms with E-state index in [0.29, 0.717) is 17.6 Å². The van der Waals surface area contributed by atoms with E-state index in [0.717, 1.165) is 83.7 Å². The van der Waals surface area contributed by atoms with Gasteiger partial charge < -0.3 is 15.4 Å². The molecule has 4 heterocycles. The van der Waals surface area contributed by atoms with Crippen LogP contribution in [0.15, 0.2) is 42.7 Å². The molecule has 2 fully saturated rings. The number of hydrogen-bond acceptors (Lipinski definition) is 10. The normalized spacial score (nSPS) is 16.8. The molecule has 1 aliphatic heterocycles. The second-order valence-electron chi connectivity index (χ2n) is 9.84. The number of rotatable bonds is 7. The Morgan fingerprint density at radius 3 is 2.71 bits per heavy atom. The summed E-state index contributed by atoms with van der Waals surface area (Å²) in [6.07, 6.45) is 9.48. The molecule has 9 nitrogen and oxygen atoms in total. The smallest absolute Gasteiger partial charge is 0.225 e. The van der Waals surface area contributed by atoms with E-state index < -0.39 is 0 Å². The van der Waals surface area contributed by atoms with E-state index >= 15 is 0 Å². The monoisotopic (exact) mass is 526 g/mol. The number of anilines is 3. The number of nitrogens with one attached hydrogen (secondary N) is 2. The fraction of sp³-hybridized carbons (Fsp3) is 0.393. The third kappa shape index (κ3) is 5.91. The van der Waals surface area contributed by atoms with Crippen LogP contribution in [0.25, 0.3) is 21.3 Å². The standard InChI is InChI=1S/C28H30N8OS/c29-15-19-12-21(17-30-16-19)20-6-7-24-25(13-20)38-28(33-24)35-26-14-23(18-36-8-10-37-11-9-36)32-27(34-26)31-22-4-2-1-3-5-22/h6-7,12-14,16-17,22H,1-5,8-11,18H2,(H2,31,32,33,34,35). The van der Waals surface area contributed by atoms with Gasteiger partial charge in [-0.1, -0.05) is 36.7 Å². The highest BCUT2D eigenvalue weighted by Gasteiger charge is 2.18. The topological polar surface area (TPSA) is 112 Å². The number of aromatic nitrogens is 4. The van der Waals surface area contributed by atoms with Crippen molar-refractivity contribution in [3.8, 4) is 17.2 Å². The predicted octanol–water partition coefficient (Wildman–Crippen LogP) is 5.34. The molecular weight excluding hydrogens is 496 g/mol. The summed E-state index contributed by atoms with van der Waals surface area (Å²) in [6, 6.07) is 12.6. The SMILES string of the molecule is N#Cc1cncc(-c2ccc3nc(Nc4cc(CN5CCOCC5)nc(NC5CCCCC5)n4)sc3c2)c1. The molecular formula is C28H30N8OS. The highest BCUT2D eigenvalue weighted by Crippen LogP contribution is 2.32. The minimum Gasteiger partial charge on any atom is -0.379 e. The molecule has 0 unspecified atom stereocenters. The lowest BCUT2D eigenvalue weighted by atomic mass is 9.96. The Morgan fingerprint density at radius 2 is 1.87 bits per heavy atom. The van der Waals surface area contributed by atoms with Crippen LogP contribution in [0.1, 0.15) is 43.4 Å². The van der Waals surface area contributed by atoms with E-state index in [4.69, 9.17) is 19.7 Å². The molecule has 4 aromatic rings. The van der Waals surface area contributed by atoms with Gasteiger partial charge in [-0.05, 0) is 36.6 Å². The van der Waals surface area contributed by atoms with Crippen LogP contribution in [-0.4, -0.2) is 57.2 Å². The largest absolute Gasteiger partial charge is 0.379 e. The van der Waals surface area contributed by atoms with Gasteiger partial charge in [0.2, 0.25) is 5.95 Å². The number of thiazole rings is 1. The molecule has 38 heavy (non-hydrogen) atoms. The summed E-state index contributed by atoms with van der Waals surface area (Å²) in [7, 11) is 0. The Hall–Kier alpha value is -3.65. The fourth-order valence-electron chi connectivity index (χ4n) is 5.05. The number of benzene rings is 1. The van der Waals surface area contributed by atoms with Crippen molar-refractivity contribution in [2.45, 2.75) is 44.7 Å². The van der Waals surface area contributed by atoms with Gasteiger partial charge in [-0.3, -0.25) is 9.88 Å². The van der Waals surface area contributed by atoms with Gasteiger partial charge in [-0.25, -0.2) is 9.97 Å². The Balaban J connectivity index is 1.25. The van der Waals surface area contributed by atoms with Gasteiger partial charge in [-0.15, -0.1) is 0 Å². The van der Waals surface area contributed by atoms with Gasteiger partial charge in [0, 0.05) is 49.7 Å². The molecule has 0 amide bonds. The van der Waals surface area contributed by atoms with Gasteiger partial charge in [0.05, 0.1) is 34.7 Å². The zero-order valence-electron chi connectivity index (χ0n) is 21.2. The number of ether oxygens (including phenoxy) is 1. The van der Waals surface area contributed by atoms with Crippen molar-refractivity contribution < 1.29 is 4.74 Å². The molecule has 1 saturated heterocycles. The summed E-state index contributed by atoms with van der Waals surface area (Å²) in [6.45, 7) is 4.09. The molecule has 0 spiro atoms. The van der Waals surface area contributed by atoms with Crippen molar-refractivity contribution in [1.82, 2.24) is 24.8 Å². The maximum absolute atomic E-state index is 9.22. The van der Waals surface area contributed by atoms with Crippen molar-refractivity contribution in [3.63, 3.8) is 0 Å². The zero-order chi connectivity index (χ0) is 25.7. The molecule has 10 heteroatoms. The summed E-state index contributed by atoms with van der Waals surface area (Å²) in [4.78, 5) is 21.1.